The largest absolute Gasteiger partial charge is 0.466 e. The van der Waals surface area contributed by atoms with E-state index >= 15 is 0 Å². The van der Waals surface area contributed by atoms with E-state index in [1.165, 1.54) is 36.1 Å². The van der Waals surface area contributed by atoms with Crippen molar-refractivity contribution in [1.82, 2.24) is 20.2 Å². The molecular formula is C8H7N5O3. The maximum atomic E-state index is 10.5. The van der Waals surface area contributed by atoms with Gasteiger partial charge >= 0.3 is 6.01 Å². The maximum absolute atomic E-state index is 10.5. The number of aromatic nitrogens is 4. The zero-order valence-corrected chi connectivity index (χ0v) is 8.27. The smallest absolute Gasteiger partial charge is 0.340 e. The van der Waals surface area contributed by atoms with Gasteiger partial charge in [0.25, 0.3) is 5.69 Å². The first-order valence-electron chi connectivity index (χ1n) is 4.29. The monoisotopic (exact) mass is 221 g/mol. The van der Waals surface area contributed by atoms with Crippen LogP contribution in [0.15, 0.2) is 24.3 Å². The molecule has 8 heteroatoms. The number of hydrogen-bond donors (Lipinski definition) is 0. The highest BCUT2D eigenvalue weighted by Crippen LogP contribution is 2.17. The molecular weight excluding hydrogens is 214 g/mol. The molecule has 1 aromatic heterocycles. The van der Waals surface area contributed by atoms with E-state index in [2.05, 4.69) is 15.5 Å². The molecule has 82 valence electrons. The Bertz CT molecular complexity index is 507. The molecule has 0 amide bonds. The molecule has 0 bridgehead atoms. The summed E-state index contributed by atoms with van der Waals surface area (Å²) in [5.41, 5.74) is 0.600. The lowest BCUT2D eigenvalue weighted by molar-refractivity contribution is -0.384. The minimum atomic E-state index is -0.472. The lowest BCUT2D eigenvalue weighted by Crippen LogP contribution is -2.00. The average Bonchev–Trinajstić information content (AvgIpc) is 2.77. The Morgan fingerprint density at radius 1 is 1.38 bits per heavy atom. The summed E-state index contributed by atoms with van der Waals surface area (Å²) in [7, 11) is 1.44. The number of nitro groups is 1. The number of non-ortho nitro benzene ring substituents is 1. The van der Waals surface area contributed by atoms with Gasteiger partial charge in [0.15, 0.2) is 0 Å². The van der Waals surface area contributed by atoms with Crippen molar-refractivity contribution in [3.63, 3.8) is 0 Å². The molecule has 2 aromatic rings. The lowest BCUT2D eigenvalue weighted by Gasteiger charge is -2.01. The molecule has 8 nitrogen and oxygen atoms in total. The predicted octanol–water partition coefficient (Wildman–Crippen LogP) is 0.579. The Balaban J connectivity index is 2.38. The SMILES string of the molecule is COc1nnnn1-c1ccc([N+](=O)[O-])cc1. The van der Waals surface area contributed by atoms with Gasteiger partial charge in [0.1, 0.15) is 0 Å². The first kappa shape index (κ1) is 10.0. The molecule has 0 N–H and O–H groups in total. The summed E-state index contributed by atoms with van der Waals surface area (Å²) in [6.45, 7) is 0. The minimum Gasteiger partial charge on any atom is -0.466 e. The number of methoxy groups -OCH3 is 1. The molecule has 0 saturated heterocycles. The zero-order valence-electron chi connectivity index (χ0n) is 8.27. The van der Waals surface area contributed by atoms with Crippen LogP contribution in [0.1, 0.15) is 0 Å². The van der Waals surface area contributed by atoms with Gasteiger partial charge in [-0.3, -0.25) is 10.1 Å². The predicted molar refractivity (Wildman–Crippen MR) is 52.4 cm³/mol. The minimum absolute atomic E-state index is 0.00999. The third-order valence-electron chi connectivity index (χ3n) is 1.93. The highest BCUT2D eigenvalue weighted by Gasteiger charge is 2.10. The number of benzene rings is 1. The number of ether oxygens (including phenoxy) is 1. The second kappa shape index (κ2) is 3.93. The van der Waals surface area contributed by atoms with E-state index in [1.807, 2.05) is 0 Å². The summed E-state index contributed by atoms with van der Waals surface area (Å²) in [6.07, 6.45) is 0. The highest BCUT2D eigenvalue weighted by atomic mass is 16.6. The van der Waals surface area contributed by atoms with Crippen LogP contribution in [0, 0.1) is 10.1 Å². The second-order valence-corrected chi connectivity index (χ2v) is 2.85. The van der Waals surface area contributed by atoms with Crippen LogP contribution >= 0.6 is 0 Å². The fraction of sp³-hybridized carbons (Fsp3) is 0.125. The molecule has 0 saturated carbocycles. The molecule has 16 heavy (non-hydrogen) atoms. The quantitative estimate of drug-likeness (QED) is 0.555. The van der Waals surface area contributed by atoms with Crippen LogP contribution in [0.5, 0.6) is 6.01 Å². The Kier molecular flexibility index (Phi) is 2.46. The Hall–Kier alpha value is -2.51. The number of rotatable bonds is 3. The van der Waals surface area contributed by atoms with Crippen molar-refractivity contribution in [3.05, 3.63) is 34.4 Å². The van der Waals surface area contributed by atoms with Gasteiger partial charge in [0.05, 0.1) is 17.7 Å². The van der Waals surface area contributed by atoms with E-state index in [0.717, 1.165) is 0 Å². The fourth-order valence-corrected chi connectivity index (χ4v) is 1.18. The van der Waals surface area contributed by atoms with Gasteiger partial charge in [0.2, 0.25) is 0 Å². The molecule has 0 aliphatic rings. The Morgan fingerprint density at radius 2 is 2.06 bits per heavy atom. The summed E-state index contributed by atoms with van der Waals surface area (Å²) in [5, 5.41) is 21.2. The zero-order chi connectivity index (χ0) is 11.5. The summed E-state index contributed by atoms with van der Waals surface area (Å²) < 4.78 is 6.25. The molecule has 1 heterocycles. The van der Waals surface area contributed by atoms with Gasteiger partial charge in [-0.05, 0) is 22.6 Å². The first-order chi connectivity index (χ1) is 7.72. The Labute approximate surface area is 89.6 Å². The lowest BCUT2D eigenvalue weighted by atomic mass is 10.3. The third kappa shape index (κ3) is 1.67. The van der Waals surface area contributed by atoms with E-state index < -0.39 is 4.92 Å². The van der Waals surface area contributed by atoms with Crippen LogP contribution in [0.4, 0.5) is 5.69 Å². The molecule has 0 radical (unpaired) electrons. The maximum Gasteiger partial charge on any atom is 0.340 e. The van der Waals surface area contributed by atoms with Gasteiger partial charge in [0, 0.05) is 12.1 Å². The van der Waals surface area contributed by atoms with E-state index in [0.29, 0.717) is 5.69 Å². The van der Waals surface area contributed by atoms with Gasteiger partial charge in [-0.1, -0.05) is 5.10 Å². The average molecular weight is 221 g/mol. The number of tetrazole rings is 1. The number of nitrogens with zero attached hydrogens (tertiary/aromatic N) is 5. The molecule has 1 aromatic carbocycles. The van der Waals surface area contributed by atoms with Crippen molar-refractivity contribution in [1.29, 1.82) is 0 Å². The summed E-state index contributed by atoms with van der Waals surface area (Å²) in [4.78, 5) is 9.98. The standard InChI is InChI=1S/C8H7N5O3/c1-16-8-9-10-11-12(8)6-2-4-7(5-3-6)13(14)15/h2-5H,1H3. The molecule has 0 spiro atoms. The normalized spacial score (nSPS) is 10.1. The van der Waals surface area contributed by atoms with Crippen LogP contribution in [0.25, 0.3) is 5.69 Å². The molecule has 0 atom stereocenters. The van der Waals surface area contributed by atoms with Crippen molar-refractivity contribution in [2.24, 2.45) is 0 Å². The highest BCUT2D eigenvalue weighted by molar-refractivity contribution is 5.40. The second-order valence-electron chi connectivity index (χ2n) is 2.85. The van der Waals surface area contributed by atoms with Crippen LogP contribution < -0.4 is 4.74 Å². The van der Waals surface area contributed by atoms with Crippen molar-refractivity contribution < 1.29 is 9.66 Å². The molecule has 2 rings (SSSR count). The summed E-state index contributed by atoms with van der Waals surface area (Å²) >= 11 is 0. The van der Waals surface area contributed by atoms with Gasteiger partial charge in [-0.25, -0.2) is 0 Å². The van der Waals surface area contributed by atoms with Gasteiger partial charge in [-0.2, -0.15) is 4.68 Å². The number of hydrogen-bond acceptors (Lipinski definition) is 6. The molecule has 0 fully saturated rings. The van der Waals surface area contributed by atoms with Crippen molar-refractivity contribution in [3.8, 4) is 11.7 Å². The molecule has 0 unspecified atom stereocenters. The van der Waals surface area contributed by atoms with Crippen LogP contribution in [-0.4, -0.2) is 32.2 Å². The van der Waals surface area contributed by atoms with Crippen LogP contribution in [0.3, 0.4) is 0 Å². The van der Waals surface area contributed by atoms with Crippen molar-refractivity contribution in [2.45, 2.75) is 0 Å². The fourth-order valence-electron chi connectivity index (χ4n) is 1.18. The van der Waals surface area contributed by atoms with E-state index in [9.17, 15) is 10.1 Å². The van der Waals surface area contributed by atoms with Gasteiger partial charge in [-0.15, -0.1) is 0 Å². The van der Waals surface area contributed by atoms with E-state index in [-0.39, 0.29) is 11.7 Å². The topological polar surface area (TPSA) is 96.0 Å². The first-order valence-corrected chi connectivity index (χ1v) is 4.29. The van der Waals surface area contributed by atoms with E-state index in [1.54, 1.807) is 0 Å². The molecule has 0 aliphatic heterocycles. The summed E-state index contributed by atoms with van der Waals surface area (Å²) in [5.74, 6) is 0. The third-order valence-corrected chi connectivity index (χ3v) is 1.93. The van der Waals surface area contributed by atoms with E-state index in [4.69, 9.17) is 4.74 Å². The van der Waals surface area contributed by atoms with Crippen LogP contribution in [-0.2, 0) is 0 Å². The summed E-state index contributed by atoms with van der Waals surface area (Å²) in [6, 6.07) is 6.04. The van der Waals surface area contributed by atoms with Gasteiger partial charge < -0.3 is 4.74 Å². The van der Waals surface area contributed by atoms with Crippen LogP contribution in [0.2, 0.25) is 0 Å². The van der Waals surface area contributed by atoms with Crippen molar-refractivity contribution >= 4 is 5.69 Å². The number of nitro benzene ring substituents is 1. The Morgan fingerprint density at radius 3 is 2.62 bits per heavy atom. The van der Waals surface area contributed by atoms with Crippen molar-refractivity contribution in [2.75, 3.05) is 7.11 Å². The molecule has 0 aliphatic carbocycles.